The van der Waals surface area contributed by atoms with Gasteiger partial charge in [0.25, 0.3) is 0 Å². The lowest BCUT2D eigenvalue weighted by Crippen LogP contribution is -1.82. The molecule has 0 saturated carbocycles. The van der Waals surface area contributed by atoms with E-state index in [0.29, 0.717) is 51.0 Å². The van der Waals surface area contributed by atoms with Crippen molar-refractivity contribution in [2.75, 3.05) is 0 Å². The maximum absolute atomic E-state index is 6.09. The summed E-state index contributed by atoms with van der Waals surface area (Å²) in [6.45, 7) is 7.70. The summed E-state index contributed by atoms with van der Waals surface area (Å²) < 4.78 is 17.6. The third-order valence-electron chi connectivity index (χ3n) is 4.21. The van der Waals surface area contributed by atoms with E-state index >= 15 is 0 Å². The summed E-state index contributed by atoms with van der Waals surface area (Å²) >= 11 is 0. The molecule has 5 rings (SSSR count). The van der Waals surface area contributed by atoms with Crippen molar-refractivity contribution in [2.24, 2.45) is 0 Å². The highest BCUT2D eigenvalue weighted by Gasteiger charge is 2.23. The molecule has 0 aliphatic carbocycles. The van der Waals surface area contributed by atoms with Gasteiger partial charge in [0.05, 0.1) is 0 Å². The Morgan fingerprint density at radius 1 is 0.600 bits per heavy atom. The summed E-state index contributed by atoms with van der Waals surface area (Å²) in [5, 5.41) is 0. The van der Waals surface area contributed by atoms with Crippen LogP contribution in [0.25, 0.3) is 44.8 Å². The Morgan fingerprint density at radius 2 is 1.08 bits per heavy atom. The predicted molar refractivity (Wildman–Crippen MR) is 93.5 cm³/mol. The molecule has 0 amide bonds. The second kappa shape index (κ2) is 4.69. The normalized spacial score (nSPS) is 12.0. The Morgan fingerprint density at radius 3 is 1.64 bits per heavy atom. The minimum Gasteiger partial charge on any atom is -0.438 e. The third kappa shape index (κ3) is 2.00. The number of rotatable bonds is 1. The van der Waals surface area contributed by atoms with E-state index in [4.69, 9.17) is 13.3 Å². The molecule has 0 saturated heterocycles. The van der Waals surface area contributed by atoms with Crippen LogP contribution in [0.3, 0.4) is 0 Å². The molecule has 0 radical (unpaired) electrons. The number of oxazole rings is 3. The van der Waals surface area contributed by atoms with Crippen molar-refractivity contribution in [3.63, 3.8) is 0 Å². The Hall–Kier alpha value is -3.15. The van der Waals surface area contributed by atoms with Crippen LogP contribution in [0.5, 0.6) is 0 Å². The number of benzene rings is 2. The minimum atomic E-state index is 0.533. The molecule has 0 bridgehead atoms. The number of hydrogen-bond acceptors (Lipinski definition) is 6. The molecule has 0 atom stereocenters. The van der Waals surface area contributed by atoms with E-state index in [-0.39, 0.29) is 0 Å². The van der Waals surface area contributed by atoms with Gasteiger partial charge in [-0.25, -0.2) is 15.0 Å². The second-order valence-electron chi connectivity index (χ2n) is 6.39. The number of fused-ring (bicyclic) bond motifs is 6. The highest BCUT2D eigenvalue weighted by molar-refractivity contribution is 6.16. The van der Waals surface area contributed by atoms with E-state index < -0.39 is 0 Å². The average Bonchev–Trinajstić information content (AvgIpc) is 3.20. The van der Waals surface area contributed by atoms with Gasteiger partial charge in [-0.15, -0.1) is 0 Å². The van der Waals surface area contributed by atoms with Crippen LogP contribution in [0.4, 0.5) is 0 Å². The van der Waals surface area contributed by atoms with Crippen molar-refractivity contribution >= 4 is 33.3 Å². The molecule has 0 N–H and O–H groups in total. The van der Waals surface area contributed by atoms with E-state index in [1.54, 1.807) is 13.8 Å². The largest absolute Gasteiger partial charge is 0.438 e. The number of aromatic nitrogens is 3. The maximum Gasteiger partial charge on any atom is 0.227 e. The van der Waals surface area contributed by atoms with Crippen LogP contribution in [-0.2, 0) is 0 Å². The van der Waals surface area contributed by atoms with Crippen LogP contribution in [-0.4, -0.2) is 15.0 Å². The van der Waals surface area contributed by atoms with Gasteiger partial charge in [-0.2, -0.15) is 0 Å². The monoisotopic (exact) mass is 333 g/mol. The summed E-state index contributed by atoms with van der Waals surface area (Å²) in [6, 6.07) is 6.21. The smallest absolute Gasteiger partial charge is 0.227 e. The van der Waals surface area contributed by atoms with E-state index in [1.807, 2.05) is 12.1 Å². The van der Waals surface area contributed by atoms with Gasteiger partial charge >= 0.3 is 0 Å². The Kier molecular flexibility index (Phi) is 2.67. The summed E-state index contributed by atoms with van der Waals surface area (Å²) in [5.41, 5.74) is 6.79. The number of hydrogen-bond donors (Lipinski definition) is 0. The Balaban J connectivity index is 1.93. The standard InChI is InChI=1S/C19H15N3O3/c1-8-5-9(2)7-12(6-8)19-22-15-17-13(20-10(3)24-17)16-14(18(15)25-19)21-11(4)23-16/h5-7H,1-4H3. The average molecular weight is 333 g/mol. The Labute approximate surface area is 142 Å². The van der Waals surface area contributed by atoms with Crippen molar-refractivity contribution < 1.29 is 13.3 Å². The first-order valence-electron chi connectivity index (χ1n) is 8.05. The zero-order valence-corrected chi connectivity index (χ0v) is 14.3. The van der Waals surface area contributed by atoms with Gasteiger partial charge in [0, 0.05) is 19.4 Å². The molecule has 0 aliphatic rings. The molecule has 124 valence electrons. The lowest BCUT2D eigenvalue weighted by atomic mass is 10.1. The van der Waals surface area contributed by atoms with Gasteiger partial charge in [0.2, 0.25) is 5.89 Å². The molecule has 2 aromatic carbocycles. The molecule has 0 aliphatic heterocycles. The fraction of sp³-hybridized carbons (Fsp3) is 0.211. The summed E-state index contributed by atoms with van der Waals surface area (Å²) in [7, 11) is 0. The highest BCUT2D eigenvalue weighted by atomic mass is 16.4. The number of aryl methyl sites for hydroxylation is 4. The van der Waals surface area contributed by atoms with Gasteiger partial charge in [-0.1, -0.05) is 17.2 Å². The van der Waals surface area contributed by atoms with E-state index in [9.17, 15) is 0 Å². The first-order chi connectivity index (χ1) is 12.0. The molecule has 25 heavy (non-hydrogen) atoms. The van der Waals surface area contributed by atoms with Gasteiger partial charge in [-0.05, 0) is 26.0 Å². The molecule has 0 fully saturated rings. The van der Waals surface area contributed by atoms with Gasteiger partial charge in [-0.3, -0.25) is 0 Å². The Bertz CT molecular complexity index is 1200. The van der Waals surface area contributed by atoms with Crippen molar-refractivity contribution in [3.05, 3.63) is 41.1 Å². The molecular formula is C19H15N3O3. The molecule has 6 nitrogen and oxygen atoms in total. The van der Waals surface area contributed by atoms with Crippen molar-refractivity contribution in [1.29, 1.82) is 0 Å². The van der Waals surface area contributed by atoms with Crippen LogP contribution in [0.2, 0.25) is 0 Å². The molecule has 0 unspecified atom stereocenters. The lowest BCUT2D eigenvalue weighted by Gasteiger charge is -2.00. The van der Waals surface area contributed by atoms with Gasteiger partial charge < -0.3 is 13.3 Å². The van der Waals surface area contributed by atoms with E-state index in [1.165, 1.54) is 0 Å². The SMILES string of the molecule is Cc1cc(C)cc(-c2nc3c4oc(C)nc4c4oc(C)nc4c3o2)c1. The van der Waals surface area contributed by atoms with Crippen LogP contribution < -0.4 is 0 Å². The fourth-order valence-corrected chi connectivity index (χ4v) is 3.34. The molecule has 6 heteroatoms. The quantitative estimate of drug-likeness (QED) is 0.429. The maximum atomic E-state index is 6.09. The molecule has 3 heterocycles. The molecular weight excluding hydrogens is 318 g/mol. The van der Waals surface area contributed by atoms with Crippen molar-refractivity contribution in [2.45, 2.75) is 27.7 Å². The third-order valence-corrected chi connectivity index (χ3v) is 4.21. The van der Waals surface area contributed by atoms with Crippen molar-refractivity contribution in [3.8, 4) is 11.5 Å². The molecule has 0 spiro atoms. The first-order valence-corrected chi connectivity index (χ1v) is 8.05. The van der Waals surface area contributed by atoms with Crippen LogP contribution >= 0.6 is 0 Å². The highest BCUT2D eigenvalue weighted by Crippen LogP contribution is 2.37. The second-order valence-corrected chi connectivity index (χ2v) is 6.39. The lowest BCUT2D eigenvalue weighted by molar-refractivity contribution is 0.562. The minimum absolute atomic E-state index is 0.533. The van der Waals surface area contributed by atoms with Gasteiger partial charge in [0.1, 0.15) is 0 Å². The van der Waals surface area contributed by atoms with Gasteiger partial charge in [0.15, 0.2) is 45.1 Å². The topological polar surface area (TPSA) is 78.1 Å². The fourth-order valence-electron chi connectivity index (χ4n) is 3.34. The van der Waals surface area contributed by atoms with Crippen LogP contribution in [0, 0.1) is 27.7 Å². The summed E-state index contributed by atoms with van der Waals surface area (Å²) in [4.78, 5) is 13.6. The zero-order chi connectivity index (χ0) is 17.3. The zero-order valence-electron chi connectivity index (χ0n) is 14.3. The van der Waals surface area contributed by atoms with Crippen LogP contribution in [0.15, 0.2) is 31.5 Å². The van der Waals surface area contributed by atoms with Crippen molar-refractivity contribution in [1.82, 2.24) is 15.0 Å². The number of nitrogens with zero attached hydrogens (tertiary/aromatic N) is 3. The van der Waals surface area contributed by atoms with E-state index in [2.05, 4.69) is 34.9 Å². The summed E-state index contributed by atoms with van der Waals surface area (Å²) in [5.74, 6) is 1.63. The molecule has 5 aromatic rings. The molecule has 3 aromatic heterocycles. The van der Waals surface area contributed by atoms with E-state index in [0.717, 1.165) is 16.7 Å². The predicted octanol–water partition coefficient (Wildman–Crippen LogP) is 5.01. The summed E-state index contributed by atoms with van der Waals surface area (Å²) in [6.07, 6.45) is 0. The first kappa shape index (κ1) is 14.2. The van der Waals surface area contributed by atoms with Crippen LogP contribution in [0.1, 0.15) is 22.9 Å².